The molecule has 0 aliphatic rings. The van der Waals surface area contributed by atoms with Gasteiger partial charge in [-0.25, -0.2) is 0 Å². The number of hydrogen-bond acceptors (Lipinski definition) is 3. The maximum Gasteiger partial charge on any atom is 0.127 e. The zero-order chi connectivity index (χ0) is 15.0. The molecule has 5 heteroatoms. The van der Waals surface area contributed by atoms with Gasteiger partial charge in [-0.05, 0) is 24.3 Å². The number of halogens is 1. The molecule has 2 aromatic carbocycles. The van der Waals surface area contributed by atoms with Crippen LogP contribution in [0.15, 0.2) is 42.5 Å². The second-order valence-electron chi connectivity index (χ2n) is 4.81. The molecule has 1 heterocycles. The Kier molecular flexibility index (Phi) is 3.57. The predicted octanol–water partition coefficient (Wildman–Crippen LogP) is 3.32. The number of aromatic nitrogens is 2. The normalized spacial score (nSPS) is 12.6. The number of aliphatic hydroxyl groups is 1. The number of ether oxygens (including phenoxy) is 1. The Hall–Kier alpha value is -2.04. The van der Waals surface area contributed by atoms with Crippen molar-refractivity contribution in [1.29, 1.82) is 0 Å². The molecular weight excluding hydrogens is 288 g/mol. The first-order valence-corrected chi connectivity index (χ1v) is 6.92. The Morgan fingerprint density at radius 3 is 2.76 bits per heavy atom. The van der Waals surface area contributed by atoms with Crippen molar-refractivity contribution >= 4 is 22.5 Å². The summed E-state index contributed by atoms with van der Waals surface area (Å²) in [4.78, 5) is 0. The van der Waals surface area contributed by atoms with Crippen LogP contribution < -0.4 is 4.74 Å². The summed E-state index contributed by atoms with van der Waals surface area (Å²) in [5.74, 6) is 0.585. The van der Waals surface area contributed by atoms with E-state index in [0.29, 0.717) is 22.0 Å². The molecule has 0 saturated carbocycles. The van der Waals surface area contributed by atoms with E-state index in [-0.39, 0.29) is 0 Å². The number of hydrogen-bond donors (Lipinski definition) is 1. The Bertz CT molecular complexity index is 798. The van der Waals surface area contributed by atoms with Crippen LogP contribution in [-0.2, 0) is 7.05 Å². The number of benzene rings is 2. The van der Waals surface area contributed by atoms with Crippen LogP contribution in [0.4, 0.5) is 0 Å². The van der Waals surface area contributed by atoms with Gasteiger partial charge >= 0.3 is 0 Å². The summed E-state index contributed by atoms with van der Waals surface area (Å²) >= 11 is 6.04. The molecular formula is C16H15ClN2O2. The molecule has 0 saturated heterocycles. The third-order valence-corrected chi connectivity index (χ3v) is 3.77. The summed E-state index contributed by atoms with van der Waals surface area (Å²) in [6.45, 7) is 0. The summed E-state index contributed by atoms with van der Waals surface area (Å²) in [5.41, 5.74) is 2.16. The standard InChI is InChI=1S/C16H15ClN2O2/c1-19-13-6-4-3-5-11(13)15(18-19)16(20)12-9-10(17)7-8-14(12)21-2/h3-9,16,20H,1-2H3. The number of methoxy groups -OCH3 is 1. The fourth-order valence-electron chi connectivity index (χ4n) is 2.51. The Balaban J connectivity index is 2.17. The van der Waals surface area contributed by atoms with Crippen molar-refractivity contribution in [3.8, 4) is 5.75 Å². The first-order chi connectivity index (χ1) is 10.1. The fourth-order valence-corrected chi connectivity index (χ4v) is 2.69. The van der Waals surface area contributed by atoms with Gasteiger partial charge in [0.05, 0.1) is 12.6 Å². The number of nitrogens with zero attached hydrogens (tertiary/aromatic N) is 2. The van der Waals surface area contributed by atoms with Gasteiger partial charge in [0.2, 0.25) is 0 Å². The van der Waals surface area contributed by atoms with Crippen LogP contribution in [0.2, 0.25) is 5.02 Å². The molecule has 1 atom stereocenters. The lowest BCUT2D eigenvalue weighted by molar-refractivity contribution is 0.210. The summed E-state index contributed by atoms with van der Waals surface area (Å²) in [5, 5.41) is 16.6. The van der Waals surface area contributed by atoms with E-state index in [4.69, 9.17) is 16.3 Å². The Morgan fingerprint density at radius 2 is 2.00 bits per heavy atom. The van der Waals surface area contributed by atoms with E-state index in [2.05, 4.69) is 5.10 Å². The van der Waals surface area contributed by atoms with Crippen LogP contribution in [0.1, 0.15) is 17.4 Å². The molecule has 1 aromatic heterocycles. The first-order valence-electron chi connectivity index (χ1n) is 6.55. The fraction of sp³-hybridized carbons (Fsp3) is 0.188. The maximum absolute atomic E-state index is 10.7. The molecule has 0 aliphatic heterocycles. The quantitative estimate of drug-likeness (QED) is 0.807. The predicted molar refractivity (Wildman–Crippen MR) is 82.8 cm³/mol. The maximum atomic E-state index is 10.7. The highest BCUT2D eigenvalue weighted by molar-refractivity contribution is 6.30. The zero-order valence-electron chi connectivity index (χ0n) is 11.7. The van der Waals surface area contributed by atoms with E-state index in [1.165, 1.54) is 0 Å². The largest absolute Gasteiger partial charge is 0.496 e. The van der Waals surface area contributed by atoms with Gasteiger partial charge < -0.3 is 9.84 Å². The second-order valence-corrected chi connectivity index (χ2v) is 5.25. The molecule has 0 amide bonds. The molecule has 0 radical (unpaired) electrons. The number of rotatable bonds is 3. The zero-order valence-corrected chi connectivity index (χ0v) is 12.5. The van der Waals surface area contributed by atoms with E-state index < -0.39 is 6.10 Å². The molecule has 0 aliphatic carbocycles. The second kappa shape index (κ2) is 5.39. The number of aliphatic hydroxyl groups excluding tert-OH is 1. The van der Waals surface area contributed by atoms with Gasteiger partial charge in [0.15, 0.2) is 0 Å². The van der Waals surface area contributed by atoms with Crippen molar-refractivity contribution in [2.75, 3.05) is 7.11 Å². The first kappa shape index (κ1) is 13.9. The highest BCUT2D eigenvalue weighted by Gasteiger charge is 2.21. The lowest BCUT2D eigenvalue weighted by Gasteiger charge is -2.13. The van der Waals surface area contributed by atoms with Crippen LogP contribution in [0, 0.1) is 0 Å². The van der Waals surface area contributed by atoms with Crippen LogP contribution in [0.25, 0.3) is 10.9 Å². The minimum atomic E-state index is -0.898. The molecule has 108 valence electrons. The highest BCUT2D eigenvalue weighted by Crippen LogP contribution is 2.34. The lowest BCUT2D eigenvalue weighted by atomic mass is 10.0. The SMILES string of the molecule is COc1ccc(Cl)cc1C(O)c1nn(C)c2ccccc12. The van der Waals surface area contributed by atoms with Crippen molar-refractivity contribution < 1.29 is 9.84 Å². The summed E-state index contributed by atoms with van der Waals surface area (Å²) in [6.07, 6.45) is -0.898. The van der Waals surface area contributed by atoms with Gasteiger partial charge in [-0.1, -0.05) is 29.8 Å². The van der Waals surface area contributed by atoms with Crippen molar-refractivity contribution in [2.24, 2.45) is 7.05 Å². The molecule has 0 spiro atoms. The van der Waals surface area contributed by atoms with Crippen molar-refractivity contribution in [3.63, 3.8) is 0 Å². The van der Waals surface area contributed by atoms with Crippen LogP contribution in [0.5, 0.6) is 5.75 Å². The average Bonchev–Trinajstić information content (AvgIpc) is 2.84. The van der Waals surface area contributed by atoms with Crippen molar-refractivity contribution in [3.05, 3.63) is 58.7 Å². The monoisotopic (exact) mass is 302 g/mol. The summed E-state index contributed by atoms with van der Waals surface area (Å²) in [7, 11) is 3.42. The molecule has 0 bridgehead atoms. The molecule has 1 N–H and O–H groups in total. The molecule has 0 fully saturated rings. The Labute approximate surface area is 127 Å². The van der Waals surface area contributed by atoms with E-state index >= 15 is 0 Å². The third-order valence-electron chi connectivity index (χ3n) is 3.53. The molecule has 3 aromatic rings. The lowest BCUT2D eigenvalue weighted by Crippen LogP contribution is -2.04. The molecule has 3 rings (SSSR count). The van der Waals surface area contributed by atoms with Gasteiger partial charge in [0, 0.05) is 23.0 Å². The minimum Gasteiger partial charge on any atom is -0.496 e. The van der Waals surface area contributed by atoms with Gasteiger partial charge in [-0.2, -0.15) is 5.10 Å². The summed E-state index contributed by atoms with van der Waals surface area (Å²) in [6, 6.07) is 13.0. The third kappa shape index (κ3) is 2.37. The van der Waals surface area contributed by atoms with E-state index in [9.17, 15) is 5.11 Å². The number of aryl methyl sites for hydroxylation is 1. The van der Waals surface area contributed by atoms with Crippen LogP contribution >= 0.6 is 11.6 Å². The Morgan fingerprint density at radius 1 is 1.24 bits per heavy atom. The van der Waals surface area contributed by atoms with Gasteiger partial charge in [0.1, 0.15) is 17.5 Å². The minimum absolute atomic E-state index is 0.546. The van der Waals surface area contributed by atoms with Crippen LogP contribution in [-0.4, -0.2) is 22.0 Å². The van der Waals surface area contributed by atoms with Gasteiger partial charge in [0.25, 0.3) is 0 Å². The van der Waals surface area contributed by atoms with Crippen molar-refractivity contribution in [1.82, 2.24) is 9.78 Å². The van der Waals surface area contributed by atoms with E-state index in [1.54, 1.807) is 30.0 Å². The van der Waals surface area contributed by atoms with Gasteiger partial charge in [-0.15, -0.1) is 0 Å². The van der Waals surface area contributed by atoms with Gasteiger partial charge in [-0.3, -0.25) is 4.68 Å². The molecule has 1 unspecified atom stereocenters. The van der Waals surface area contributed by atoms with E-state index in [0.717, 1.165) is 10.9 Å². The average molecular weight is 303 g/mol. The molecule has 21 heavy (non-hydrogen) atoms. The smallest absolute Gasteiger partial charge is 0.127 e. The number of para-hydroxylation sites is 1. The van der Waals surface area contributed by atoms with E-state index in [1.807, 2.05) is 31.3 Å². The van der Waals surface area contributed by atoms with Crippen LogP contribution in [0.3, 0.4) is 0 Å². The highest BCUT2D eigenvalue weighted by atomic mass is 35.5. The number of fused-ring (bicyclic) bond motifs is 1. The topological polar surface area (TPSA) is 47.3 Å². The van der Waals surface area contributed by atoms with Crippen molar-refractivity contribution in [2.45, 2.75) is 6.10 Å². The molecule has 4 nitrogen and oxygen atoms in total. The summed E-state index contributed by atoms with van der Waals surface area (Å²) < 4.78 is 7.06.